The van der Waals surface area contributed by atoms with E-state index >= 15 is 0 Å². The molecular weight excluding hydrogens is 721 g/mol. The number of fused-ring (bicyclic) bond motifs is 20. The van der Waals surface area contributed by atoms with Crippen LogP contribution in [-0.4, -0.2) is 28.3 Å². The summed E-state index contributed by atoms with van der Waals surface area (Å²) >= 11 is 0. The minimum Gasteiger partial charge on any atom is -0.292 e. The third kappa shape index (κ3) is 4.06. The molecule has 0 amide bonds. The molecule has 5 heterocycles. The summed E-state index contributed by atoms with van der Waals surface area (Å²) < 4.78 is 6.98. The number of pyridine rings is 1. The van der Waals surface area contributed by atoms with Crippen molar-refractivity contribution in [3.63, 3.8) is 0 Å². The molecule has 0 N–H and O–H groups in total. The number of benzene rings is 9. The predicted molar refractivity (Wildman–Crippen MR) is 244 cm³/mol. The first-order valence-corrected chi connectivity index (χ1v) is 20.0. The van der Waals surface area contributed by atoms with Crippen LogP contribution >= 0.6 is 0 Å². The molecule has 14 rings (SSSR count). The quantitative estimate of drug-likeness (QED) is 0.165. The lowest BCUT2D eigenvalue weighted by molar-refractivity contribution is 0.982. The molecular formula is C53H30N6. The molecule has 9 aromatic carbocycles. The monoisotopic (exact) mass is 750 g/mol. The lowest BCUT2D eigenvalue weighted by atomic mass is 9.95. The molecule has 0 spiro atoms. The van der Waals surface area contributed by atoms with Gasteiger partial charge in [0.2, 0.25) is 5.95 Å². The Morgan fingerprint density at radius 1 is 0.339 bits per heavy atom. The van der Waals surface area contributed by atoms with E-state index in [0.717, 1.165) is 77.7 Å². The van der Waals surface area contributed by atoms with Gasteiger partial charge in [0.15, 0.2) is 0 Å². The number of para-hydroxylation sites is 5. The Bertz CT molecular complexity index is 4150. The van der Waals surface area contributed by atoms with Crippen molar-refractivity contribution in [1.82, 2.24) is 28.3 Å². The van der Waals surface area contributed by atoms with E-state index in [4.69, 9.17) is 15.0 Å². The van der Waals surface area contributed by atoms with Crippen molar-refractivity contribution in [3.05, 3.63) is 182 Å². The van der Waals surface area contributed by atoms with Crippen molar-refractivity contribution in [1.29, 1.82) is 0 Å². The Balaban J connectivity index is 1.10. The smallest absolute Gasteiger partial charge is 0.221 e. The van der Waals surface area contributed by atoms with Gasteiger partial charge in [0.1, 0.15) is 11.3 Å². The fraction of sp³-hybridized carbons (Fsp3) is 0. The molecule has 0 atom stereocenters. The van der Waals surface area contributed by atoms with Crippen LogP contribution in [0.2, 0.25) is 0 Å². The van der Waals surface area contributed by atoms with Crippen LogP contribution < -0.4 is 0 Å². The summed E-state index contributed by atoms with van der Waals surface area (Å²) in [5.74, 6) is 0.815. The number of hydrogen-bond acceptors (Lipinski definition) is 3. The van der Waals surface area contributed by atoms with Crippen molar-refractivity contribution in [3.8, 4) is 17.1 Å². The number of hydrogen-bond donors (Lipinski definition) is 0. The second kappa shape index (κ2) is 11.3. The first-order chi connectivity index (χ1) is 29.3. The summed E-state index contributed by atoms with van der Waals surface area (Å²) in [6, 6.07) is 65.3. The van der Waals surface area contributed by atoms with Crippen LogP contribution in [0.25, 0.3) is 126 Å². The molecule has 0 aliphatic rings. The molecule has 6 nitrogen and oxygen atoms in total. The largest absolute Gasteiger partial charge is 0.292 e. The van der Waals surface area contributed by atoms with Crippen LogP contribution in [0.15, 0.2) is 182 Å². The predicted octanol–water partition coefficient (Wildman–Crippen LogP) is 13.2. The number of aromatic nitrogens is 6. The highest BCUT2D eigenvalue weighted by Gasteiger charge is 2.23. The zero-order chi connectivity index (χ0) is 38.3. The lowest BCUT2D eigenvalue weighted by Crippen LogP contribution is -2.06. The summed E-state index contributed by atoms with van der Waals surface area (Å²) in [7, 11) is 0. The molecule has 6 heteroatoms. The molecule has 0 unspecified atom stereocenters. The third-order valence-corrected chi connectivity index (χ3v) is 12.6. The molecule has 272 valence electrons. The lowest BCUT2D eigenvalue weighted by Gasteiger charge is -2.15. The van der Waals surface area contributed by atoms with Crippen molar-refractivity contribution >= 4 is 109 Å². The molecule has 14 aromatic rings. The Morgan fingerprint density at radius 3 is 1.81 bits per heavy atom. The van der Waals surface area contributed by atoms with Gasteiger partial charge in [-0.3, -0.25) is 13.4 Å². The zero-order valence-corrected chi connectivity index (χ0v) is 31.5. The van der Waals surface area contributed by atoms with E-state index in [0.29, 0.717) is 0 Å². The second-order valence-corrected chi connectivity index (χ2v) is 15.6. The van der Waals surface area contributed by atoms with Crippen LogP contribution in [0, 0.1) is 0 Å². The van der Waals surface area contributed by atoms with Crippen molar-refractivity contribution in [2.24, 2.45) is 0 Å². The van der Waals surface area contributed by atoms with E-state index in [-0.39, 0.29) is 0 Å². The van der Waals surface area contributed by atoms with Crippen LogP contribution in [0.3, 0.4) is 0 Å². The van der Waals surface area contributed by atoms with Crippen LogP contribution in [0.4, 0.5) is 0 Å². The van der Waals surface area contributed by atoms with E-state index in [1.54, 1.807) is 0 Å². The van der Waals surface area contributed by atoms with Gasteiger partial charge in [-0.25, -0.2) is 15.0 Å². The van der Waals surface area contributed by atoms with Crippen molar-refractivity contribution < 1.29 is 0 Å². The van der Waals surface area contributed by atoms with Crippen LogP contribution in [0.1, 0.15) is 0 Å². The topological polar surface area (TPSA) is 52.4 Å². The summed E-state index contributed by atoms with van der Waals surface area (Å²) in [5.41, 5.74) is 12.5. The molecule has 0 aliphatic heterocycles. The highest BCUT2D eigenvalue weighted by Crippen LogP contribution is 2.43. The van der Waals surface area contributed by atoms with Gasteiger partial charge >= 0.3 is 0 Å². The number of nitrogens with zero attached hydrogens (tertiary/aromatic N) is 6. The maximum Gasteiger partial charge on any atom is 0.221 e. The summed E-state index contributed by atoms with van der Waals surface area (Å²) in [4.78, 5) is 16.0. The van der Waals surface area contributed by atoms with E-state index in [2.05, 4.69) is 195 Å². The third-order valence-electron chi connectivity index (χ3n) is 12.6. The van der Waals surface area contributed by atoms with Gasteiger partial charge in [0.25, 0.3) is 0 Å². The highest BCUT2D eigenvalue weighted by molar-refractivity contribution is 6.24. The molecule has 0 saturated heterocycles. The fourth-order valence-corrected chi connectivity index (χ4v) is 10.0. The summed E-state index contributed by atoms with van der Waals surface area (Å²) in [6.07, 6.45) is 0. The molecule has 0 bridgehead atoms. The van der Waals surface area contributed by atoms with E-state index < -0.39 is 0 Å². The molecule has 0 saturated carbocycles. The number of imidazole rings is 2. The van der Waals surface area contributed by atoms with Gasteiger partial charge in [-0.1, -0.05) is 127 Å². The van der Waals surface area contributed by atoms with Crippen molar-refractivity contribution in [2.45, 2.75) is 0 Å². The van der Waals surface area contributed by atoms with E-state index in [9.17, 15) is 0 Å². The maximum atomic E-state index is 5.45. The summed E-state index contributed by atoms with van der Waals surface area (Å²) in [5, 5.41) is 11.7. The van der Waals surface area contributed by atoms with Crippen LogP contribution in [-0.2, 0) is 0 Å². The van der Waals surface area contributed by atoms with Gasteiger partial charge in [-0.2, -0.15) is 0 Å². The Morgan fingerprint density at radius 2 is 0.966 bits per heavy atom. The Labute approximate surface area is 335 Å². The van der Waals surface area contributed by atoms with Gasteiger partial charge in [-0.05, 0) is 87.3 Å². The minimum absolute atomic E-state index is 0.815. The highest BCUT2D eigenvalue weighted by atomic mass is 15.2. The maximum absolute atomic E-state index is 5.45. The minimum atomic E-state index is 0.815. The van der Waals surface area contributed by atoms with Crippen molar-refractivity contribution in [2.75, 3.05) is 0 Å². The van der Waals surface area contributed by atoms with Gasteiger partial charge in [-0.15, -0.1) is 0 Å². The summed E-state index contributed by atoms with van der Waals surface area (Å²) in [6.45, 7) is 0. The fourth-order valence-electron chi connectivity index (χ4n) is 10.0. The molecule has 59 heavy (non-hydrogen) atoms. The Kier molecular flexibility index (Phi) is 5.93. The standard InChI is InChI=1S/C53H30N6/c1-2-14-33-31(13-1)25-27-37-35-16-6-10-22-45(35)57-48-29-32(26-28-44(48)55-52(57)49(33)37)40-30-41-36-17-7-11-23-46(36)58(50(41)38-18-4-3-15-34(38)40)53-56-42-20-8-5-19-39(42)51-54-43-21-9-12-24-47(43)59(51)53/h1-30H. The normalized spacial score (nSPS) is 12.4. The second-order valence-electron chi connectivity index (χ2n) is 15.6. The molecule has 5 aromatic heterocycles. The number of rotatable bonds is 2. The van der Waals surface area contributed by atoms with E-state index in [1.807, 2.05) is 0 Å². The van der Waals surface area contributed by atoms with Gasteiger partial charge < -0.3 is 0 Å². The zero-order valence-electron chi connectivity index (χ0n) is 31.5. The van der Waals surface area contributed by atoms with Crippen LogP contribution in [0.5, 0.6) is 0 Å². The Hall–Kier alpha value is -8.09. The average Bonchev–Trinajstić information content (AvgIpc) is 3.99. The SMILES string of the molecule is c1ccc2c(c1)ccc1c3ccccc3n3c4cc(-c5cc6c7ccccc7n(-c7nc8ccccc8c8nc9ccccc9n78)c6c6ccccc56)ccc4nc3c21. The first-order valence-electron chi connectivity index (χ1n) is 20.0. The van der Waals surface area contributed by atoms with Gasteiger partial charge in [0.05, 0.1) is 44.1 Å². The van der Waals surface area contributed by atoms with Gasteiger partial charge in [0, 0.05) is 32.3 Å². The molecule has 0 radical (unpaired) electrons. The molecule has 0 aliphatic carbocycles. The molecule has 0 fully saturated rings. The first kappa shape index (κ1) is 31.0. The average molecular weight is 751 g/mol. The van der Waals surface area contributed by atoms with E-state index in [1.165, 1.54) is 48.7 Å².